The van der Waals surface area contributed by atoms with Crippen molar-refractivity contribution in [1.82, 2.24) is 5.32 Å². The molecule has 1 aliphatic heterocycles. The maximum Gasteiger partial charge on any atom is 0.200 e. The second kappa shape index (κ2) is 16.4. The van der Waals surface area contributed by atoms with E-state index in [2.05, 4.69) is 10.6 Å². The van der Waals surface area contributed by atoms with Crippen LogP contribution in [0.2, 0.25) is 0 Å². The maximum atomic E-state index is 13.9. The van der Waals surface area contributed by atoms with Crippen molar-refractivity contribution < 1.29 is 39.8 Å². The van der Waals surface area contributed by atoms with E-state index in [0.29, 0.717) is 43.7 Å². The van der Waals surface area contributed by atoms with Crippen LogP contribution < -0.4 is 20.1 Å². The number of aromatic hydroxyl groups is 4. The molecule has 0 aliphatic carbocycles. The number of ketones is 1. The van der Waals surface area contributed by atoms with Gasteiger partial charge in [0.2, 0.25) is 5.75 Å². The highest BCUT2D eigenvalue weighted by Crippen LogP contribution is 2.37. The third kappa shape index (κ3) is 9.41. The van der Waals surface area contributed by atoms with Gasteiger partial charge in [0.25, 0.3) is 0 Å². The number of dihydropyridines is 1. The minimum Gasteiger partial charge on any atom is -0.508 e. The van der Waals surface area contributed by atoms with Gasteiger partial charge in [-0.05, 0) is 114 Å². The molecule has 7 N–H and O–H groups in total. The molecule has 10 nitrogen and oxygen atoms in total. The molecule has 0 aromatic heterocycles. The van der Waals surface area contributed by atoms with Crippen LogP contribution in [0.5, 0.6) is 34.5 Å². The van der Waals surface area contributed by atoms with E-state index in [1.807, 2.05) is 50.3 Å². The lowest BCUT2D eigenvalue weighted by atomic mass is 9.84. The molecular weight excluding hydrogens is 636 g/mol. The van der Waals surface area contributed by atoms with Crippen molar-refractivity contribution >= 4 is 22.2 Å². The summed E-state index contributed by atoms with van der Waals surface area (Å²) in [7, 11) is 1.48. The third-order valence-corrected chi connectivity index (χ3v) is 8.74. The molecule has 0 saturated heterocycles. The Labute approximate surface area is 292 Å². The average Bonchev–Trinajstić information content (AvgIpc) is 3.10. The standard InChI is InChI=1S/C40H46N2O8/c1-24(2)23-50-38-19-26(17-36(47)40(38)48)6-12-34(45)32(33(44)11-4-25-5-13-35(46)37(18-25)49-3)16-27-14-15-41-39(20-27)42-30-9-7-29-22-31(43)10-8-28(29)21-30/h5,7-10,13-14,17-22,24,32-33,41-44,46-48H,4,6,11-12,15-16,23H2,1-3H3. The predicted octanol–water partition coefficient (Wildman–Crippen LogP) is 6.69. The van der Waals surface area contributed by atoms with E-state index in [0.717, 1.165) is 33.4 Å². The number of methoxy groups -OCH3 is 1. The molecular formula is C40H46N2O8. The molecule has 5 rings (SSSR count). The number of fused-ring (bicyclic) bond motifs is 1. The number of hydrogen-bond donors (Lipinski definition) is 7. The number of phenols is 4. The summed E-state index contributed by atoms with van der Waals surface area (Å²) in [5, 5.41) is 60.6. The number of Topliss-reactive ketones (excluding diaryl/α,β-unsaturated/α-hetero) is 1. The van der Waals surface area contributed by atoms with Crippen LogP contribution in [-0.4, -0.2) is 57.7 Å². The van der Waals surface area contributed by atoms with Gasteiger partial charge in [0.15, 0.2) is 23.0 Å². The van der Waals surface area contributed by atoms with Gasteiger partial charge in [0.05, 0.1) is 19.8 Å². The van der Waals surface area contributed by atoms with Crippen LogP contribution in [-0.2, 0) is 17.6 Å². The van der Waals surface area contributed by atoms with Gasteiger partial charge in [-0.3, -0.25) is 4.79 Å². The summed E-state index contributed by atoms with van der Waals surface area (Å²) in [6.07, 6.45) is 4.46. The average molecular weight is 683 g/mol. The minimum atomic E-state index is -0.960. The SMILES string of the molecule is COc1cc(CCC(O)C(CC2=CCNC(Nc3ccc4cc(O)ccc4c3)=C2)C(=O)CCc2cc(O)c(O)c(OCC(C)C)c2)ccc1O. The lowest BCUT2D eigenvalue weighted by molar-refractivity contribution is -0.126. The normalized spacial score (nSPS) is 14.0. The zero-order chi connectivity index (χ0) is 35.8. The monoisotopic (exact) mass is 682 g/mol. The van der Waals surface area contributed by atoms with Crippen LogP contribution >= 0.6 is 0 Å². The van der Waals surface area contributed by atoms with Crippen LogP contribution in [0.4, 0.5) is 5.69 Å². The number of phenolic OH excluding ortho intramolecular Hbond substituents is 4. The molecule has 10 heteroatoms. The second-order valence-electron chi connectivity index (χ2n) is 13.1. The number of ether oxygens (including phenoxy) is 2. The van der Waals surface area contributed by atoms with Gasteiger partial charge in [-0.15, -0.1) is 0 Å². The molecule has 0 bridgehead atoms. The Morgan fingerprint density at radius 1 is 0.880 bits per heavy atom. The number of rotatable bonds is 16. The van der Waals surface area contributed by atoms with Gasteiger partial charge >= 0.3 is 0 Å². The Morgan fingerprint density at radius 2 is 1.64 bits per heavy atom. The summed E-state index contributed by atoms with van der Waals surface area (Å²) in [5.41, 5.74) is 3.24. The number of anilines is 1. The number of allylic oxidation sites excluding steroid dienone is 2. The van der Waals surface area contributed by atoms with E-state index in [9.17, 15) is 30.3 Å². The fourth-order valence-electron chi connectivity index (χ4n) is 6.00. The zero-order valence-electron chi connectivity index (χ0n) is 28.6. The molecule has 0 fully saturated rings. The van der Waals surface area contributed by atoms with Crippen molar-refractivity contribution in [3.8, 4) is 34.5 Å². The van der Waals surface area contributed by atoms with Crippen LogP contribution in [0.3, 0.4) is 0 Å². The van der Waals surface area contributed by atoms with Gasteiger partial charge < -0.3 is 45.6 Å². The molecule has 1 heterocycles. The topological polar surface area (TPSA) is 161 Å². The first-order valence-corrected chi connectivity index (χ1v) is 16.9. The van der Waals surface area contributed by atoms with Crippen molar-refractivity contribution in [3.63, 3.8) is 0 Å². The molecule has 0 amide bonds. The summed E-state index contributed by atoms with van der Waals surface area (Å²) in [6, 6.07) is 19.2. The number of hydrogen-bond acceptors (Lipinski definition) is 10. The van der Waals surface area contributed by atoms with Crippen LogP contribution in [0.1, 0.15) is 44.2 Å². The van der Waals surface area contributed by atoms with Crippen molar-refractivity contribution in [2.75, 3.05) is 25.6 Å². The first-order chi connectivity index (χ1) is 24.0. The number of carbonyl (C=O) groups is 1. The van der Waals surface area contributed by atoms with E-state index in [-0.39, 0.29) is 53.3 Å². The molecule has 1 aliphatic rings. The zero-order valence-corrected chi connectivity index (χ0v) is 28.6. The Bertz CT molecular complexity index is 1880. The Hall–Kier alpha value is -5.35. The van der Waals surface area contributed by atoms with E-state index in [1.165, 1.54) is 13.2 Å². The van der Waals surface area contributed by atoms with E-state index >= 15 is 0 Å². The van der Waals surface area contributed by atoms with Gasteiger partial charge in [0.1, 0.15) is 17.4 Å². The van der Waals surface area contributed by atoms with E-state index < -0.39 is 12.0 Å². The molecule has 4 aromatic rings. The highest BCUT2D eigenvalue weighted by molar-refractivity contribution is 5.87. The fraction of sp³-hybridized carbons (Fsp3) is 0.325. The number of benzene rings is 4. The summed E-state index contributed by atoms with van der Waals surface area (Å²) < 4.78 is 10.9. The summed E-state index contributed by atoms with van der Waals surface area (Å²) in [5.74, 6) is 0.213. The largest absolute Gasteiger partial charge is 0.508 e. The Morgan fingerprint density at radius 3 is 2.42 bits per heavy atom. The molecule has 0 spiro atoms. The Kier molecular flexibility index (Phi) is 11.8. The highest BCUT2D eigenvalue weighted by Gasteiger charge is 2.28. The smallest absolute Gasteiger partial charge is 0.200 e. The van der Waals surface area contributed by atoms with Crippen LogP contribution in [0, 0.1) is 11.8 Å². The second-order valence-corrected chi connectivity index (χ2v) is 13.1. The van der Waals surface area contributed by atoms with Crippen LogP contribution in [0.25, 0.3) is 10.8 Å². The predicted molar refractivity (Wildman–Crippen MR) is 194 cm³/mol. The van der Waals surface area contributed by atoms with Crippen LogP contribution in [0.15, 0.2) is 90.3 Å². The molecule has 4 aromatic carbocycles. The van der Waals surface area contributed by atoms with Crippen molar-refractivity contribution in [2.45, 2.75) is 52.1 Å². The molecule has 0 saturated carbocycles. The lowest BCUT2D eigenvalue weighted by Crippen LogP contribution is -2.31. The van der Waals surface area contributed by atoms with Gasteiger partial charge in [0, 0.05) is 24.6 Å². The van der Waals surface area contributed by atoms with Gasteiger partial charge in [-0.1, -0.05) is 38.1 Å². The Balaban J connectivity index is 1.32. The quantitative estimate of drug-likeness (QED) is 0.0635. The first kappa shape index (κ1) is 35.9. The molecule has 50 heavy (non-hydrogen) atoms. The highest BCUT2D eigenvalue weighted by atomic mass is 16.5. The fourth-order valence-corrected chi connectivity index (χ4v) is 6.00. The number of aliphatic hydroxyl groups excluding tert-OH is 1. The summed E-state index contributed by atoms with van der Waals surface area (Å²) in [4.78, 5) is 13.9. The van der Waals surface area contributed by atoms with Gasteiger partial charge in [-0.25, -0.2) is 0 Å². The molecule has 0 radical (unpaired) electrons. The van der Waals surface area contributed by atoms with E-state index in [1.54, 1.807) is 36.4 Å². The molecule has 2 unspecified atom stereocenters. The number of carbonyl (C=O) groups excluding carboxylic acids is 1. The number of aliphatic hydroxyl groups is 1. The molecule has 264 valence electrons. The van der Waals surface area contributed by atoms with Gasteiger partial charge in [-0.2, -0.15) is 0 Å². The minimum absolute atomic E-state index is 0.0277. The van der Waals surface area contributed by atoms with Crippen molar-refractivity contribution in [1.29, 1.82) is 0 Å². The lowest BCUT2D eigenvalue weighted by Gasteiger charge is -2.25. The molecule has 2 atom stereocenters. The third-order valence-electron chi connectivity index (χ3n) is 8.74. The summed E-state index contributed by atoms with van der Waals surface area (Å²) in [6.45, 7) is 4.85. The number of nitrogens with one attached hydrogen (secondary N) is 2. The number of aryl methyl sites for hydroxylation is 2. The van der Waals surface area contributed by atoms with E-state index in [4.69, 9.17) is 9.47 Å². The summed E-state index contributed by atoms with van der Waals surface area (Å²) >= 11 is 0. The maximum absolute atomic E-state index is 13.9. The van der Waals surface area contributed by atoms with Crippen molar-refractivity contribution in [3.05, 3.63) is 101 Å². The first-order valence-electron chi connectivity index (χ1n) is 16.9. The van der Waals surface area contributed by atoms with Crippen molar-refractivity contribution in [2.24, 2.45) is 11.8 Å².